The zero-order valence-electron chi connectivity index (χ0n) is 13.3. The molecule has 0 aliphatic heterocycles. The Hall–Kier alpha value is -2.07. The van der Waals surface area contributed by atoms with E-state index in [-0.39, 0.29) is 17.9 Å². The van der Waals surface area contributed by atoms with Crippen molar-refractivity contribution in [1.29, 1.82) is 0 Å². The summed E-state index contributed by atoms with van der Waals surface area (Å²) in [5, 5.41) is 10.4. The average Bonchev–Trinajstić information content (AvgIpc) is 3.08. The number of hydrogen-bond donors (Lipinski definition) is 1. The van der Waals surface area contributed by atoms with Crippen molar-refractivity contribution in [2.24, 2.45) is 0 Å². The molecule has 1 aromatic heterocycles. The number of likely N-dealkylation sites (N-methyl/N-ethyl adjacent to an activating group) is 1. The predicted molar refractivity (Wildman–Crippen MR) is 85.4 cm³/mol. The van der Waals surface area contributed by atoms with Gasteiger partial charge in [0.25, 0.3) is 0 Å². The van der Waals surface area contributed by atoms with Crippen molar-refractivity contribution in [1.82, 2.24) is 4.90 Å². The fourth-order valence-electron chi connectivity index (χ4n) is 2.45. The van der Waals surface area contributed by atoms with Gasteiger partial charge in [-0.3, -0.25) is 4.79 Å². The van der Waals surface area contributed by atoms with Crippen LogP contribution in [0.1, 0.15) is 43.6 Å². The maximum atomic E-state index is 12.4. The van der Waals surface area contributed by atoms with Gasteiger partial charge in [0.2, 0.25) is 5.91 Å². The van der Waals surface area contributed by atoms with Crippen molar-refractivity contribution < 1.29 is 14.3 Å². The number of carbonyl (C=O) groups is 1. The molecule has 0 spiro atoms. The molecule has 1 amide bonds. The Morgan fingerprint density at radius 3 is 2.45 bits per heavy atom. The van der Waals surface area contributed by atoms with Crippen LogP contribution in [0, 0.1) is 0 Å². The van der Waals surface area contributed by atoms with Crippen LogP contribution in [0.25, 0.3) is 0 Å². The standard InChI is InChI=1S/C18H23NO3/c1-13(16-10-7-11-22-16)12-17(20)19(3)14(2)18(21)15-8-5-4-6-9-15/h4-11,13-14,18,21H,12H2,1-3H3/t13-,14+,18-/m1/s1. The summed E-state index contributed by atoms with van der Waals surface area (Å²) >= 11 is 0. The van der Waals surface area contributed by atoms with E-state index in [9.17, 15) is 9.90 Å². The Labute approximate surface area is 131 Å². The summed E-state index contributed by atoms with van der Waals surface area (Å²) in [5.74, 6) is 0.815. The highest BCUT2D eigenvalue weighted by atomic mass is 16.3. The lowest BCUT2D eigenvalue weighted by Gasteiger charge is -2.30. The molecule has 0 saturated carbocycles. The molecule has 0 aliphatic rings. The Morgan fingerprint density at radius 2 is 1.86 bits per heavy atom. The van der Waals surface area contributed by atoms with Gasteiger partial charge in [-0.25, -0.2) is 0 Å². The first kappa shape index (κ1) is 16.3. The monoisotopic (exact) mass is 301 g/mol. The normalized spacial score (nSPS) is 15.1. The van der Waals surface area contributed by atoms with Crippen molar-refractivity contribution in [2.45, 2.75) is 38.3 Å². The third-order valence-electron chi connectivity index (χ3n) is 4.11. The number of aliphatic hydroxyl groups excluding tert-OH is 1. The van der Waals surface area contributed by atoms with Gasteiger partial charge in [0.05, 0.1) is 18.4 Å². The molecule has 0 bridgehead atoms. The molecule has 0 aliphatic carbocycles. The summed E-state index contributed by atoms with van der Waals surface area (Å²) in [6.45, 7) is 3.82. The molecule has 22 heavy (non-hydrogen) atoms. The van der Waals surface area contributed by atoms with E-state index in [1.807, 2.05) is 56.3 Å². The average molecular weight is 301 g/mol. The van der Waals surface area contributed by atoms with Gasteiger partial charge in [-0.05, 0) is 24.6 Å². The fraction of sp³-hybridized carbons (Fsp3) is 0.389. The van der Waals surface area contributed by atoms with Crippen LogP contribution in [0.2, 0.25) is 0 Å². The number of rotatable bonds is 6. The first-order valence-electron chi connectivity index (χ1n) is 7.52. The van der Waals surface area contributed by atoms with Crippen LogP contribution in [0.4, 0.5) is 0 Å². The van der Waals surface area contributed by atoms with Crippen molar-refractivity contribution >= 4 is 5.91 Å². The maximum Gasteiger partial charge on any atom is 0.223 e. The Kier molecular flexibility index (Phi) is 5.39. The molecule has 0 unspecified atom stereocenters. The molecule has 2 rings (SSSR count). The van der Waals surface area contributed by atoms with Crippen molar-refractivity contribution in [3.8, 4) is 0 Å². The van der Waals surface area contributed by atoms with Gasteiger partial charge < -0.3 is 14.4 Å². The van der Waals surface area contributed by atoms with Crippen LogP contribution < -0.4 is 0 Å². The molecule has 3 atom stereocenters. The smallest absolute Gasteiger partial charge is 0.223 e. The maximum absolute atomic E-state index is 12.4. The second-order valence-corrected chi connectivity index (χ2v) is 5.72. The minimum absolute atomic E-state index is 0.00798. The second kappa shape index (κ2) is 7.27. The minimum Gasteiger partial charge on any atom is -0.469 e. The molecule has 0 fully saturated rings. The molecule has 1 aromatic carbocycles. The number of amides is 1. The van der Waals surface area contributed by atoms with Crippen molar-refractivity contribution in [3.63, 3.8) is 0 Å². The predicted octanol–water partition coefficient (Wildman–Crippen LogP) is 3.35. The zero-order chi connectivity index (χ0) is 16.1. The first-order valence-corrected chi connectivity index (χ1v) is 7.52. The third-order valence-corrected chi connectivity index (χ3v) is 4.11. The molecule has 0 saturated heterocycles. The summed E-state index contributed by atoms with van der Waals surface area (Å²) < 4.78 is 5.33. The van der Waals surface area contributed by atoms with Crippen molar-refractivity contribution in [3.05, 3.63) is 60.1 Å². The lowest BCUT2D eigenvalue weighted by Crippen LogP contribution is -2.39. The Morgan fingerprint density at radius 1 is 1.18 bits per heavy atom. The summed E-state index contributed by atoms with van der Waals surface area (Å²) in [6.07, 6.45) is 1.27. The summed E-state index contributed by atoms with van der Waals surface area (Å²) in [4.78, 5) is 14.0. The lowest BCUT2D eigenvalue weighted by molar-refractivity contribution is -0.134. The van der Waals surface area contributed by atoms with Crippen LogP contribution >= 0.6 is 0 Å². The number of nitrogens with zero attached hydrogens (tertiary/aromatic N) is 1. The summed E-state index contributed by atoms with van der Waals surface area (Å²) in [5.41, 5.74) is 0.814. The van der Waals surface area contributed by atoms with E-state index in [0.717, 1.165) is 11.3 Å². The van der Waals surface area contributed by atoms with Crippen LogP contribution in [0.3, 0.4) is 0 Å². The van der Waals surface area contributed by atoms with E-state index >= 15 is 0 Å². The first-order chi connectivity index (χ1) is 10.5. The van der Waals surface area contributed by atoms with Gasteiger partial charge in [0, 0.05) is 19.4 Å². The highest BCUT2D eigenvalue weighted by Gasteiger charge is 2.25. The van der Waals surface area contributed by atoms with Crippen LogP contribution in [-0.4, -0.2) is 29.0 Å². The fourth-order valence-corrected chi connectivity index (χ4v) is 2.45. The number of benzene rings is 1. The minimum atomic E-state index is -0.700. The molecule has 4 heteroatoms. The van der Waals surface area contributed by atoms with Gasteiger partial charge >= 0.3 is 0 Å². The summed E-state index contributed by atoms with van der Waals surface area (Å²) in [6, 6.07) is 12.8. The quantitative estimate of drug-likeness (QED) is 0.890. The lowest BCUT2D eigenvalue weighted by atomic mass is 10.0. The molecule has 2 aromatic rings. The van der Waals surface area contributed by atoms with Crippen molar-refractivity contribution in [2.75, 3.05) is 7.05 Å². The Bertz CT molecular complexity index is 580. The zero-order valence-corrected chi connectivity index (χ0v) is 13.3. The number of carbonyl (C=O) groups excluding carboxylic acids is 1. The highest BCUT2D eigenvalue weighted by molar-refractivity contribution is 5.77. The molecule has 1 heterocycles. The SMILES string of the molecule is C[C@H](CC(=O)N(C)[C@@H](C)[C@@H](O)c1ccccc1)c1ccco1. The van der Waals surface area contributed by atoms with Crippen LogP contribution in [-0.2, 0) is 4.79 Å². The van der Waals surface area contributed by atoms with Gasteiger partial charge in [0.1, 0.15) is 5.76 Å². The molecule has 0 radical (unpaired) electrons. The largest absolute Gasteiger partial charge is 0.469 e. The number of hydrogen-bond acceptors (Lipinski definition) is 3. The highest BCUT2D eigenvalue weighted by Crippen LogP contribution is 2.24. The number of aliphatic hydroxyl groups is 1. The van der Waals surface area contributed by atoms with Gasteiger partial charge in [-0.1, -0.05) is 37.3 Å². The molecular formula is C18H23NO3. The van der Waals surface area contributed by atoms with E-state index < -0.39 is 6.10 Å². The Balaban J connectivity index is 1.97. The van der Waals surface area contributed by atoms with Gasteiger partial charge in [-0.2, -0.15) is 0 Å². The number of furan rings is 1. The van der Waals surface area contributed by atoms with E-state index in [4.69, 9.17) is 4.42 Å². The van der Waals surface area contributed by atoms with Gasteiger partial charge in [-0.15, -0.1) is 0 Å². The topological polar surface area (TPSA) is 53.7 Å². The summed E-state index contributed by atoms with van der Waals surface area (Å²) in [7, 11) is 1.73. The van der Waals surface area contributed by atoms with E-state index in [0.29, 0.717) is 6.42 Å². The van der Waals surface area contributed by atoms with Crippen LogP contribution in [0.15, 0.2) is 53.1 Å². The molecular weight excluding hydrogens is 278 g/mol. The third kappa shape index (κ3) is 3.77. The molecule has 4 nitrogen and oxygen atoms in total. The van der Waals surface area contributed by atoms with E-state index in [2.05, 4.69) is 0 Å². The van der Waals surface area contributed by atoms with Crippen LogP contribution in [0.5, 0.6) is 0 Å². The second-order valence-electron chi connectivity index (χ2n) is 5.72. The molecule has 1 N–H and O–H groups in total. The van der Waals surface area contributed by atoms with Gasteiger partial charge in [0.15, 0.2) is 0 Å². The van der Waals surface area contributed by atoms with E-state index in [1.54, 1.807) is 18.2 Å². The molecule has 118 valence electrons. The van der Waals surface area contributed by atoms with E-state index in [1.165, 1.54) is 0 Å².